The topological polar surface area (TPSA) is 60.9 Å². The molecule has 1 aromatic heterocycles. The van der Waals surface area contributed by atoms with Gasteiger partial charge in [0.15, 0.2) is 0 Å². The number of ether oxygens (including phenoxy) is 1. The zero-order valence-electron chi connectivity index (χ0n) is 22.2. The first kappa shape index (κ1) is 27.5. The minimum absolute atomic E-state index is 0.126. The van der Waals surface area contributed by atoms with E-state index in [4.69, 9.17) is 4.74 Å². The van der Waals surface area contributed by atoms with E-state index in [2.05, 4.69) is 31.1 Å². The van der Waals surface area contributed by atoms with Gasteiger partial charge in [0.25, 0.3) is 0 Å². The number of piperazine rings is 1. The number of anilines is 1. The Morgan fingerprint density at radius 3 is 2.68 bits per heavy atom. The van der Waals surface area contributed by atoms with Crippen LogP contribution in [0.2, 0.25) is 0 Å². The number of rotatable bonds is 12. The van der Waals surface area contributed by atoms with Crippen LogP contribution in [0.15, 0.2) is 48.7 Å². The van der Waals surface area contributed by atoms with Gasteiger partial charge in [-0.3, -0.25) is 19.6 Å². The average Bonchev–Trinajstić information content (AvgIpc) is 2.93. The maximum absolute atomic E-state index is 14.3. The third kappa shape index (κ3) is 8.22. The Morgan fingerprint density at radius 2 is 1.92 bits per heavy atom. The third-order valence-corrected chi connectivity index (χ3v) is 7.60. The predicted molar refractivity (Wildman–Crippen MR) is 145 cm³/mol. The molecule has 37 heavy (non-hydrogen) atoms. The van der Waals surface area contributed by atoms with E-state index >= 15 is 0 Å². The van der Waals surface area contributed by atoms with Gasteiger partial charge in [-0.25, -0.2) is 4.39 Å². The van der Waals surface area contributed by atoms with Crippen molar-refractivity contribution in [3.63, 3.8) is 0 Å². The maximum Gasteiger partial charge on any atom is 0.220 e. The SMILES string of the molecule is CCOCCCNC(=O)CC[C@H]1CN(Cc2ccccn2)CC[C@H]1N1CCN(c2ccccc2F)CC1. The van der Waals surface area contributed by atoms with E-state index < -0.39 is 0 Å². The molecule has 0 unspecified atom stereocenters. The predicted octanol–water partition coefficient (Wildman–Crippen LogP) is 3.56. The molecule has 0 radical (unpaired) electrons. The Kier molecular flexibility index (Phi) is 10.7. The van der Waals surface area contributed by atoms with Crippen LogP contribution >= 0.6 is 0 Å². The quantitative estimate of drug-likeness (QED) is 0.440. The van der Waals surface area contributed by atoms with E-state index in [0.29, 0.717) is 43.8 Å². The van der Waals surface area contributed by atoms with Gasteiger partial charge < -0.3 is 15.0 Å². The fourth-order valence-electron chi connectivity index (χ4n) is 5.68. The zero-order valence-corrected chi connectivity index (χ0v) is 22.2. The minimum Gasteiger partial charge on any atom is -0.382 e. The maximum atomic E-state index is 14.3. The molecule has 2 aliphatic rings. The van der Waals surface area contributed by atoms with Crippen LogP contribution in [0.5, 0.6) is 0 Å². The van der Waals surface area contributed by atoms with E-state index in [9.17, 15) is 9.18 Å². The van der Waals surface area contributed by atoms with Crippen LogP contribution in [0.1, 0.15) is 38.3 Å². The number of aromatic nitrogens is 1. The van der Waals surface area contributed by atoms with Crippen molar-refractivity contribution in [2.24, 2.45) is 5.92 Å². The second kappa shape index (κ2) is 14.4. The van der Waals surface area contributed by atoms with Gasteiger partial charge in [0, 0.05) is 84.2 Å². The second-order valence-electron chi connectivity index (χ2n) is 10.1. The molecule has 2 fully saturated rings. The molecule has 0 spiro atoms. The van der Waals surface area contributed by atoms with Gasteiger partial charge in [0.2, 0.25) is 5.91 Å². The van der Waals surface area contributed by atoms with Crippen LogP contribution in [0, 0.1) is 11.7 Å². The first-order valence-electron chi connectivity index (χ1n) is 13.8. The average molecular weight is 512 g/mol. The molecule has 0 saturated carbocycles. The molecule has 2 atom stereocenters. The molecule has 2 aromatic rings. The molecule has 7 nitrogen and oxygen atoms in total. The van der Waals surface area contributed by atoms with Gasteiger partial charge in [-0.05, 0) is 56.4 Å². The number of benzene rings is 1. The van der Waals surface area contributed by atoms with Crippen molar-refractivity contribution in [3.05, 3.63) is 60.2 Å². The number of hydrogen-bond donors (Lipinski definition) is 1. The molecule has 0 aliphatic carbocycles. The highest BCUT2D eigenvalue weighted by Gasteiger charge is 2.35. The summed E-state index contributed by atoms with van der Waals surface area (Å²) in [6, 6.07) is 13.6. The number of carbonyl (C=O) groups is 1. The summed E-state index contributed by atoms with van der Waals surface area (Å²) in [6.07, 6.45) is 5.18. The summed E-state index contributed by atoms with van der Waals surface area (Å²) in [6.45, 7) is 10.3. The fraction of sp³-hybridized carbons (Fsp3) is 0.586. The number of amides is 1. The molecule has 4 rings (SSSR count). The summed E-state index contributed by atoms with van der Waals surface area (Å²) < 4.78 is 19.7. The highest BCUT2D eigenvalue weighted by molar-refractivity contribution is 5.75. The number of pyridine rings is 1. The first-order chi connectivity index (χ1) is 18.1. The monoisotopic (exact) mass is 511 g/mol. The van der Waals surface area contributed by atoms with Gasteiger partial charge in [-0.1, -0.05) is 18.2 Å². The number of nitrogens with zero attached hydrogens (tertiary/aromatic N) is 4. The number of halogens is 1. The lowest BCUT2D eigenvalue weighted by molar-refractivity contribution is -0.121. The Labute approximate surface area is 221 Å². The smallest absolute Gasteiger partial charge is 0.220 e. The molecule has 2 aliphatic heterocycles. The normalized spacial score (nSPS) is 21.2. The zero-order chi connectivity index (χ0) is 25.9. The van der Waals surface area contributed by atoms with Crippen LogP contribution in [-0.2, 0) is 16.1 Å². The van der Waals surface area contributed by atoms with Crippen LogP contribution in [0.3, 0.4) is 0 Å². The lowest BCUT2D eigenvalue weighted by atomic mass is 9.86. The summed E-state index contributed by atoms with van der Waals surface area (Å²) in [5, 5.41) is 3.06. The highest BCUT2D eigenvalue weighted by Crippen LogP contribution is 2.29. The molecule has 2 saturated heterocycles. The van der Waals surface area contributed by atoms with Crippen molar-refractivity contribution < 1.29 is 13.9 Å². The number of carbonyl (C=O) groups excluding carboxylic acids is 1. The van der Waals surface area contributed by atoms with Crippen LogP contribution in [-0.4, -0.2) is 85.8 Å². The third-order valence-electron chi connectivity index (χ3n) is 7.60. The van der Waals surface area contributed by atoms with Gasteiger partial charge in [-0.2, -0.15) is 0 Å². The summed E-state index contributed by atoms with van der Waals surface area (Å²) in [5.74, 6) is 0.386. The van der Waals surface area contributed by atoms with E-state index in [1.54, 1.807) is 6.07 Å². The molecule has 1 N–H and O–H groups in total. The molecular formula is C29H42FN5O2. The number of hydrogen-bond acceptors (Lipinski definition) is 6. The summed E-state index contributed by atoms with van der Waals surface area (Å²) >= 11 is 0. The largest absolute Gasteiger partial charge is 0.382 e. The lowest BCUT2D eigenvalue weighted by Crippen LogP contribution is -2.57. The van der Waals surface area contributed by atoms with Crippen LogP contribution < -0.4 is 10.2 Å². The van der Waals surface area contributed by atoms with E-state index in [1.807, 2.05) is 37.4 Å². The van der Waals surface area contributed by atoms with Crippen molar-refractivity contribution in [3.8, 4) is 0 Å². The van der Waals surface area contributed by atoms with Crippen molar-refractivity contribution in [1.82, 2.24) is 20.1 Å². The van der Waals surface area contributed by atoms with E-state index in [0.717, 1.165) is 70.8 Å². The second-order valence-corrected chi connectivity index (χ2v) is 10.1. The molecular weight excluding hydrogens is 469 g/mol. The Morgan fingerprint density at radius 1 is 1.11 bits per heavy atom. The molecule has 3 heterocycles. The Bertz CT molecular complexity index is 954. The molecule has 1 aromatic carbocycles. The molecule has 1 amide bonds. The van der Waals surface area contributed by atoms with Crippen molar-refractivity contribution in [1.29, 1.82) is 0 Å². The minimum atomic E-state index is -0.149. The number of para-hydroxylation sites is 1. The summed E-state index contributed by atoms with van der Waals surface area (Å²) in [5.41, 5.74) is 1.79. The van der Waals surface area contributed by atoms with Crippen LogP contribution in [0.25, 0.3) is 0 Å². The van der Waals surface area contributed by atoms with Gasteiger partial charge in [-0.15, -0.1) is 0 Å². The van der Waals surface area contributed by atoms with Crippen molar-refractivity contribution >= 4 is 11.6 Å². The summed E-state index contributed by atoms with van der Waals surface area (Å²) in [4.78, 5) is 24.3. The summed E-state index contributed by atoms with van der Waals surface area (Å²) in [7, 11) is 0. The van der Waals surface area contributed by atoms with E-state index in [-0.39, 0.29) is 11.7 Å². The van der Waals surface area contributed by atoms with Crippen LogP contribution in [0.4, 0.5) is 10.1 Å². The first-order valence-corrected chi connectivity index (χ1v) is 13.8. The van der Waals surface area contributed by atoms with E-state index in [1.165, 1.54) is 6.07 Å². The Hall–Kier alpha value is -2.55. The highest BCUT2D eigenvalue weighted by atomic mass is 19.1. The Balaban J connectivity index is 1.33. The van der Waals surface area contributed by atoms with Crippen molar-refractivity contribution in [2.45, 2.75) is 45.2 Å². The number of likely N-dealkylation sites (tertiary alicyclic amines) is 1. The fourth-order valence-corrected chi connectivity index (χ4v) is 5.68. The lowest BCUT2D eigenvalue weighted by Gasteiger charge is -2.47. The number of piperidine rings is 1. The van der Waals surface area contributed by atoms with Crippen molar-refractivity contribution in [2.75, 3.05) is 63.9 Å². The molecule has 202 valence electrons. The van der Waals surface area contributed by atoms with Gasteiger partial charge in [0.1, 0.15) is 5.82 Å². The van der Waals surface area contributed by atoms with Gasteiger partial charge >= 0.3 is 0 Å². The standard InChI is InChI=1S/C29H42FN5O2/c1-2-37-21-7-15-32-29(36)12-11-24-22-33(23-25-8-5-6-14-31-25)16-13-27(24)34-17-19-35(20-18-34)28-10-4-3-9-26(28)30/h3-6,8-10,14,24,27H,2,7,11-13,15-23H2,1H3,(H,32,36)/t24-,27+/m0/s1. The number of nitrogens with one attached hydrogen (secondary N) is 1. The molecule has 8 heteroatoms. The van der Waals surface area contributed by atoms with Gasteiger partial charge in [0.05, 0.1) is 11.4 Å². The molecule has 0 bridgehead atoms.